The van der Waals surface area contributed by atoms with Gasteiger partial charge < -0.3 is 19.9 Å². The number of benzene rings is 2. The second kappa shape index (κ2) is 7.72. The van der Waals surface area contributed by atoms with Crippen LogP contribution < -0.4 is 15.4 Å². The number of carbonyl (C=O) groups excluding carboxylic acids is 2. The van der Waals surface area contributed by atoms with E-state index in [9.17, 15) is 9.59 Å². The first-order valence-corrected chi connectivity index (χ1v) is 9.30. The number of ether oxygens (including phenoxy) is 1. The SMILES string of the molecule is COc1cccc(NC(=O)Cn2c(CNC(=O)C3CC3)nc3ccccc32)c1. The highest BCUT2D eigenvalue weighted by atomic mass is 16.5. The Labute approximate surface area is 162 Å². The molecule has 0 unspecified atom stereocenters. The van der Waals surface area contributed by atoms with Crippen molar-refractivity contribution in [3.05, 3.63) is 54.4 Å². The predicted octanol–water partition coefficient (Wildman–Crippen LogP) is 2.71. The van der Waals surface area contributed by atoms with E-state index in [2.05, 4.69) is 15.6 Å². The lowest BCUT2D eigenvalue weighted by Crippen LogP contribution is -2.27. The molecule has 0 aliphatic heterocycles. The van der Waals surface area contributed by atoms with Gasteiger partial charge in [-0.3, -0.25) is 9.59 Å². The van der Waals surface area contributed by atoms with Gasteiger partial charge >= 0.3 is 0 Å². The molecule has 4 rings (SSSR count). The van der Waals surface area contributed by atoms with Gasteiger partial charge in [0.25, 0.3) is 0 Å². The van der Waals surface area contributed by atoms with Crippen LogP contribution in [0.2, 0.25) is 0 Å². The van der Waals surface area contributed by atoms with Gasteiger partial charge in [0.05, 0.1) is 24.7 Å². The van der Waals surface area contributed by atoms with Gasteiger partial charge in [-0.05, 0) is 37.1 Å². The maximum absolute atomic E-state index is 12.6. The van der Waals surface area contributed by atoms with Gasteiger partial charge in [-0.15, -0.1) is 0 Å². The van der Waals surface area contributed by atoms with Crippen LogP contribution >= 0.6 is 0 Å². The predicted molar refractivity (Wildman–Crippen MR) is 106 cm³/mol. The minimum Gasteiger partial charge on any atom is -0.497 e. The molecular formula is C21H22N4O3. The number of nitrogens with one attached hydrogen (secondary N) is 2. The maximum Gasteiger partial charge on any atom is 0.244 e. The van der Waals surface area contributed by atoms with Crippen LogP contribution in [0.4, 0.5) is 5.69 Å². The Bertz CT molecular complexity index is 1020. The van der Waals surface area contributed by atoms with Gasteiger partial charge in [0.15, 0.2) is 0 Å². The first-order chi connectivity index (χ1) is 13.6. The topological polar surface area (TPSA) is 85.2 Å². The van der Waals surface area contributed by atoms with Crippen molar-refractivity contribution in [1.29, 1.82) is 0 Å². The zero-order valence-corrected chi connectivity index (χ0v) is 15.6. The summed E-state index contributed by atoms with van der Waals surface area (Å²) in [4.78, 5) is 29.2. The zero-order valence-electron chi connectivity index (χ0n) is 15.6. The first kappa shape index (κ1) is 18.0. The maximum atomic E-state index is 12.6. The molecule has 2 amide bonds. The summed E-state index contributed by atoms with van der Waals surface area (Å²) in [6.07, 6.45) is 1.90. The molecule has 0 atom stereocenters. The molecule has 7 heteroatoms. The number of aromatic nitrogens is 2. The van der Waals surface area contributed by atoms with E-state index in [0.29, 0.717) is 23.8 Å². The molecule has 7 nitrogen and oxygen atoms in total. The average Bonchev–Trinajstić information content (AvgIpc) is 3.50. The second-order valence-electron chi connectivity index (χ2n) is 6.88. The highest BCUT2D eigenvalue weighted by Crippen LogP contribution is 2.29. The van der Waals surface area contributed by atoms with E-state index in [-0.39, 0.29) is 24.3 Å². The summed E-state index contributed by atoms with van der Waals surface area (Å²) in [5, 5.41) is 5.81. The third kappa shape index (κ3) is 3.98. The molecule has 1 heterocycles. The highest BCUT2D eigenvalue weighted by Gasteiger charge is 2.29. The minimum absolute atomic E-state index is 0.0550. The lowest BCUT2D eigenvalue weighted by Gasteiger charge is -2.11. The smallest absolute Gasteiger partial charge is 0.244 e. The molecule has 1 fully saturated rings. The van der Waals surface area contributed by atoms with E-state index >= 15 is 0 Å². The molecular weight excluding hydrogens is 356 g/mol. The summed E-state index contributed by atoms with van der Waals surface area (Å²) in [6, 6.07) is 14.9. The summed E-state index contributed by atoms with van der Waals surface area (Å²) in [6.45, 7) is 0.406. The summed E-state index contributed by atoms with van der Waals surface area (Å²) in [5.74, 6) is 1.35. The number of carbonyl (C=O) groups is 2. The summed E-state index contributed by atoms with van der Waals surface area (Å²) in [7, 11) is 1.58. The van der Waals surface area contributed by atoms with Crippen molar-refractivity contribution in [3.8, 4) is 5.75 Å². The van der Waals surface area contributed by atoms with E-state index in [1.54, 1.807) is 13.2 Å². The molecule has 1 saturated carbocycles. The van der Waals surface area contributed by atoms with Gasteiger partial charge in [-0.25, -0.2) is 4.98 Å². The van der Waals surface area contributed by atoms with Gasteiger partial charge in [-0.2, -0.15) is 0 Å². The Morgan fingerprint density at radius 2 is 2.00 bits per heavy atom. The minimum atomic E-state index is -0.175. The van der Waals surface area contributed by atoms with Crippen LogP contribution in [-0.2, 0) is 22.7 Å². The van der Waals surface area contributed by atoms with Crippen molar-refractivity contribution < 1.29 is 14.3 Å². The molecule has 28 heavy (non-hydrogen) atoms. The Kier molecular flexibility index (Phi) is 4.97. The van der Waals surface area contributed by atoms with E-state index in [1.165, 1.54) is 0 Å². The molecule has 3 aromatic rings. The number of methoxy groups -OCH3 is 1. The Hall–Kier alpha value is -3.35. The Morgan fingerprint density at radius 3 is 2.79 bits per heavy atom. The fourth-order valence-corrected chi connectivity index (χ4v) is 3.14. The number of nitrogens with zero attached hydrogens (tertiary/aromatic N) is 2. The van der Waals surface area contributed by atoms with Gasteiger partial charge in [0.1, 0.15) is 18.1 Å². The normalized spacial score (nSPS) is 13.3. The number of rotatable bonds is 7. The van der Waals surface area contributed by atoms with Gasteiger partial charge in [0.2, 0.25) is 11.8 Å². The second-order valence-corrected chi connectivity index (χ2v) is 6.88. The lowest BCUT2D eigenvalue weighted by molar-refractivity contribution is -0.122. The quantitative estimate of drug-likeness (QED) is 0.662. The third-order valence-corrected chi connectivity index (χ3v) is 4.76. The van der Waals surface area contributed by atoms with E-state index in [4.69, 9.17) is 4.74 Å². The monoisotopic (exact) mass is 378 g/mol. The number of amides is 2. The van der Waals surface area contributed by atoms with Crippen molar-refractivity contribution in [1.82, 2.24) is 14.9 Å². The summed E-state index contributed by atoms with van der Waals surface area (Å²) < 4.78 is 7.04. The number of hydrogen-bond donors (Lipinski definition) is 2. The number of fused-ring (bicyclic) bond motifs is 1. The molecule has 1 aliphatic carbocycles. The van der Waals surface area contributed by atoms with Gasteiger partial charge in [-0.1, -0.05) is 18.2 Å². The van der Waals surface area contributed by atoms with Crippen molar-refractivity contribution in [2.24, 2.45) is 5.92 Å². The number of imidazole rings is 1. The number of anilines is 1. The van der Waals surface area contributed by atoms with Crippen LogP contribution in [0.25, 0.3) is 11.0 Å². The molecule has 0 saturated heterocycles. The first-order valence-electron chi connectivity index (χ1n) is 9.30. The van der Waals surface area contributed by atoms with E-state index in [1.807, 2.05) is 47.0 Å². The zero-order chi connectivity index (χ0) is 19.5. The van der Waals surface area contributed by atoms with Crippen LogP contribution in [0, 0.1) is 5.92 Å². The van der Waals surface area contributed by atoms with Crippen LogP contribution in [-0.4, -0.2) is 28.5 Å². The molecule has 144 valence electrons. The fraction of sp³-hybridized carbons (Fsp3) is 0.286. The van der Waals surface area contributed by atoms with Crippen molar-refractivity contribution >= 4 is 28.5 Å². The van der Waals surface area contributed by atoms with Crippen LogP contribution in [0.1, 0.15) is 18.7 Å². The van der Waals surface area contributed by atoms with Crippen molar-refractivity contribution in [2.45, 2.75) is 25.9 Å². The van der Waals surface area contributed by atoms with Gasteiger partial charge in [0, 0.05) is 17.7 Å². The largest absolute Gasteiger partial charge is 0.497 e. The number of hydrogen-bond acceptors (Lipinski definition) is 4. The van der Waals surface area contributed by atoms with Crippen molar-refractivity contribution in [3.63, 3.8) is 0 Å². The van der Waals surface area contributed by atoms with Crippen LogP contribution in [0.15, 0.2) is 48.5 Å². The third-order valence-electron chi connectivity index (χ3n) is 4.76. The average molecular weight is 378 g/mol. The summed E-state index contributed by atoms with van der Waals surface area (Å²) in [5.41, 5.74) is 2.32. The Balaban J connectivity index is 1.53. The number of para-hydroxylation sites is 2. The lowest BCUT2D eigenvalue weighted by atomic mass is 10.3. The van der Waals surface area contributed by atoms with Crippen LogP contribution in [0.5, 0.6) is 5.75 Å². The van der Waals surface area contributed by atoms with E-state index < -0.39 is 0 Å². The fourth-order valence-electron chi connectivity index (χ4n) is 3.14. The highest BCUT2D eigenvalue weighted by molar-refractivity contribution is 5.92. The molecule has 0 radical (unpaired) electrons. The molecule has 2 aromatic carbocycles. The Morgan fingerprint density at radius 1 is 1.18 bits per heavy atom. The molecule has 0 bridgehead atoms. The van der Waals surface area contributed by atoms with E-state index in [0.717, 1.165) is 23.9 Å². The summed E-state index contributed by atoms with van der Waals surface area (Å²) >= 11 is 0. The standard InChI is InChI=1S/C21H22N4O3/c1-28-16-6-4-5-15(11-16)23-20(26)13-25-18-8-3-2-7-17(18)24-19(25)12-22-21(27)14-9-10-14/h2-8,11,14H,9-10,12-13H2,1H3,(H,22,27)(H,23,26). The molecule has 1 aromatic heterocycles. The molecule has 0 spiro atoms. The molecule has 1 aliphatic rings. The van der Waals surface area contributed by atoms with Crippen molar-refractivity contribution in [2.75, 3.05) is 12.4 Å². The molecule has 2 N–H and O–H groups in total. The van der Waals surface area contributed by atoms with Crippen LogP contribution in [0.3, 0.4) is 0 Å².